The van der Waals surface area contributed by atoms with Crippen molar-refractivity contribution in [3.8, 4) is 11.5 Å². The number of anilines is 1. The van der Waals surface area contributed by atoms with Crippen molar-refractivity contribution in [1.29, 1.82) is 0 Å². The molecule has 6 heteroatoms. The van der Waals surface area contributed by atoms with E-state index in [9.17, 15) is 0 Å². The van der Waals surface area contributed by atoms with Crippen LogP contribution in [0.2, 0.25) is 0 Å². The van der Waals surface area contributed by atoms with Gasteiger partial charge >= 0.3 is 0 Å². The van der Waals surface area contributed by atoms with Gasteiger partial charge in [0.05, 0.1) is 22.7 Å². The molecule has 0 bridgehead atoms. The molecule has 2 rings (SSSR count). The number of hydrogen-bond acceptors (Lipinski definition) is 4. The van der Waals surface area contributed by atoms with Crippen LogP contribution >= 0.6 is 15.9 Å². The van der Waals surface area contributed by atoms with Crippen LogP contribution in [0, 0.1) is 0 Å². The Kier molecular flexibility index (Phi) is 5.11. The van der Waals surface area contributed by atoms with Gasteiger partial charge in [-0.15, -0.1) is 0 Å². The van der Waals surface area contributed by atoms with Crippen LogP contribution in [-0.2, 0) is 13.0 Å². The fourth-order valence-electron chi connectivity index (χ4n) is 2.05. The van der Waals surface area contributed by atoms with Gasteiger partial charge < -0.3 is 9.88 Å². The van der Waals surface area contributed by atoms with Crippen LogP contribution in [0.25, 0.3) is 11.5 Å². The van der Waals surface area contributed by atoms with Crippen molar-refractivity contribution in [3.05, 3.63) is 22.7 Å². The summed E-state index contributed by atoms with van der Waals surface area (Å²) in [7, 11) is 0. The van der Waals surface area contributed by atoms with Gasteiger partial charge in [-0.25, -0.2) is 15.0 Å². The largest absolute Gasteiger partial charge is 0.369 e. The Morgan fingerprint density at radius 3 is 2.70 bits per heavy atom. The first-order valence-corrected chi connectivity index (χ1v) is 7.81. The molecule has 0 aliphatic carbocycles. The highest BCUT2D eigenvalue weighted by atomic mass is 79.9. The van der Waals surface area contributed by atoms with E-state index < -0.39 is 0 Å². The molecule has 0 saturated carbocycles. The van der Waals surface area contributed by atoms with Gasteiger partial charge in [0.1, 0.15) is 11.5 Å². The summed E-state index contributed by atoms with van der Waals surface area (Å²) in [5, 5.41) is 3.29. The highest BCUT2D eigenvalue weighted by molar-refractivity contribution is 9.10. The second-order valence-corrected chi connectivity index (χ2v) is 5.29. The lowest BCUT2D eigenvalue weighted by atomic mass is 10.2. The van der Waals surface area contributed by atoms with Gasteiger partial charge in [0, 0.05) is 13.1 Å². The van der Waals surface area contributed by atoms with E-state index in [4.69, 9.17) is 4.98 Å². The molecule has 0 aromatic carbocycles. The summed E-state index contributed by atoms with van der Waals surface area (Å²) in [6.07, 6.45) is 5.60. The average molecular weight is 338 g/mol. The molecule has 0 amide bonds. The normalized spacial score (nSPS) is 10.8. The molecule has 108 valence electrons. The van der Waals surface area contributed by atoms with Crippen LogP contribution in [0.3, 0.4) is 0 Å². The molecule has 5 nitrogen and oxygen atoms in total. The maximum absolute atomic E-state index is 4.70. The van der Waals surface area contributed by atoms with Crippen molar-refractivity contribution in [2.75, 3.05) is 11.9 Å². The summed E-state index contributed by atoms with van der Waals surface area (Å²) < 4.78 is 3.02. The summed E-state index contributed by atoms with van der Waals surface area (Å²) in [6.45, 7) is 7.98. The fraction of sp³-hybridized carbons (Fsp3) is 0.500. The van der Waals surface area contributed by atoms with E-state index >= 15 is 0 Å². The van der Waals surface area contributed by atoms with Crippen LogP contribution < -0.4 is 5.32 Å². The Morgan fingerprint density at radius 2 is 2.05 bits per heavy atom. The van der Waals surface area contributed by atoms with Crippen molar-refractivity contribution in [3.63, 3.8) is 0 Å². The molecule has 0 fully saturated rings. The minimum Gasteiger partial charge on any atom is -0.369 e. The Hall–Kier alpha value is -1.43. The molecule has 0 spiro atoms. The molecule has 2 heterocycles. The van der Waals surface area contributed by atoms with Crippen LogP contribution in [0.15, 0.2) is 17.0 Å². The van der Waals surface area contributed by atoms with E-state index in [-0.39, 0.29) is 0 Å². The zero-order valence-corrected chi connectivity index (χ0v) is 13.7. The third kappa shape index (κ3) is 3.00. The van der Waals surface area contributed by atoms with Gasteiger partial charge in [0.25, 0.3) is 0 Å². The fourth-order valence-corrected chi connectivity index (χ4v) is 2.57. The number of nitrogens with zero attached hydrogens (tertiary/aromatic N) is 4. The zero-order valence-electron chi connectivity index (χ0n) is 12.1. The molecular weight excluding hydrogens is 318 g/mol. The maximum Gasteiger partial charge on any atom is 0.180 e. The third-order valence-corrected chi connectivity index (χ3v) is 3.87. The Labute approximate surface area is 128 Å². The molecule has 2 aromatic heterocycles. The van der Waals surface area contributed by atoms with Gasteiger partial charge in [-0.05, 0) is 36.2 Å². The number of rotatable bonds is 6. The number of aryl methyl sites for hydroxylation is 2. The second kappa shape index (κ2) is 6.83. The average Bonchev–Trinajstić information content (AvgIpc) is 2.92. The maximum atomic E-state index is 4.70. The highest BCUT2D eigenvalue weighted by Gasteiger charge is 2.14. The predicted octanol–water partition coefficient (Wildman–Crippen LogP) is 3.51. The molecule has 0 radical (unpaired) electrons. The van der Waals surface area contributed by atoms with Crippen molar-refractivity contribution >= 4 is 21.7 Å². The third-order valence-electron chi connectivity index (χ3n) is 3.03. The van der Waals surface area contributed by atoms with Gasteiger partial charge in [0.2, 0.25) is 0 Å². The van der Waals surface area contributed by atoms with Crippen molar-refractivity contribution in [2.45, 2.75) is 40.2 Å². The zero-order chi connectivity index (χ0) is 14.5. The number of halogens is 1. The number of aromatic nitrogens is 4. The first kappa shape index (κ1) is 15.0. The van der Waals surface area contributed by atoms with Crippen molar-refractivity contribution in [1.82, 2.24) is 19.5 Å². The van der Waals surface area contributed by atoms with E-state index in [0.717, 1.165) is 53.4 Å². The molecule has 0 saturated heterocycles. The molecule has 1 N–H and O–H groups in total. The SMILES string of the molecule is CCCc1nc(-c2cncn2CC)nc(NCC)c1Br. The van der Waals surface area contributed by atoms with E-state index in [2.05, 4.69) is 56.6 Å². The van der Waals surface area contributed by atoms with Crippen LogP contribution in [0.4, 0.5) is 5.82 Å². The Bertz CT molecular complexity index is 552. The Morgan fingerprint density at radius 1 is 1.25 bits per heavy atom. The summed E-state index contributed by atoms with van der Waals surface area (Å²) in [4.78, 5) is 13.5. The molecule has 0 aliphatic heterocycles. The minimum atomic E-state index is 0.729. The highest BCUT2D eigenvalue weighted by Crippen LogP contribution is 2.28. The van der Waals surface area contributed by atoms with Gasteiger partial charge in [-0.1, -0.05) is 13.3 Å². The number of hydrogen-bond donors (Lipinski definition) is 1. The van der Waals surface area contributed by atoms with E-state index in [1.807, 2.05) is 12.5 Å². The molecule has 20 heavy (non-hydrogen) atoms. The molecule has 0 aliphatic rings. The number of nitrogens with one attached hydrogen (secondary N) is 1. The minimum absolute atomic E-state index is 0.729. The van der Waals surface area contributed by atoms with Crippen LogP contribution in [0.1, 0.15) is 32.9 Å². The van der Waals surface area contributed by atoms with Crippen molar-refractivity contribution < 1.29 is 0 Å². The van der Waals surface area contributed by atoms with Gasteiger partial charge in [-0.3, -0.25) is 0 Å². The monoisotopic (exact) mass is 337 g/mol. The lowest BCUT2D eigenvalue weighted by Crippen LogP contribution is -2.08. The van der Waals surface area contributed by atoms with Gasteiger partial charge in [0.15, 0.2) is 5.82 Å². The van der Waals surface area contributed by atoms with E-state index in [0.29, 0.717) is 0 Å². The molecular formula is C14H20BrN5. The first-order valence-electron chi connectivity index (χ1n) is 7.01. The summed E-state index contributed by atoms with van der Waals surface area (Å²) >= 11 is 3.61. The van der Waals surface area contributed by atoms with E-state index in [1.54, 1.807) is 0 Å². The quantitative estimate of drug-likeness (QED) is 0.876. The molecule has 0 atom stereocenters. The summed E-state index contributed by atoms with van der Waals surface area (Å²) in [5.41, 5.74) is 1.99. The topological polar surface area (TPSA) is 55.6 Å². The Balaban J connectivity index is 2.52. The second-order valence-electron chi connectivity index (χ2n) is 4.50. The summed E-state index contributed by atoms with van der Waals surface area (Å²) in [5.74, 6) is 1.58. The van der Waals surface area contributed by atoms with E-state index in [1.165, 1.54) is 0 Å². The number of imidazole rings is 1. The summed E-state index contributed by atoms with van der Waals surface area (Å²) in [6, 6.07) is 0. The lowest BCUT2D eigenvalue weighted by molar-refractivity contribution is 0.761. The predicted molar refractivity (Wildman–Crippen MR) is 84.8 cm³/mol. The standard InChI is InChI=1S/C14H20BrN5/c1-4-7-10-12(15)14(17-5-2)19-13(18-10)11-8-16-9-20(11)6-3/h8-9H,4-7H2,1-3H3,(H,17,18,19). The smallest absolute Gasteiger partial charge is 0.180 e. The van der Waals surface area contributed by atoms with Crippen LogP contribution in [0.5, 0.6) is 0 Å². The lowest BCUT2D eigenvalue weighted by Gasteiger charge is -2.12. The molecule has 0 unspecified atom stereocenters. The molecule has 2 aromatic rings. The van der Waals surface area contributed by atoms with Crippen LogP contribution in [-0.4, -0.2) is 26.1 Å². The van der Waals surface area contributed by atoms with Gasteiger partial charge in [-0.2, -0.15) is 0 Å². The van der Waals surface area contributed by atoms with Crippen molar-refractivity contribution in [2.24, 2.45) is 0 Å². The first-order chi connectivity index (χ1) is 9.71.